The van der Waals surface area contributed by atoms with Crippen LogP contribution in [0.2, 0.25) is 0 Å². The van der Waals surface area contributed by atoms with Gasteiger partial charge in [0.1, 0.15) is 18.1 Å². The minimum absolute atomic E-state index is 0.0900. The Morgan fingerprint density at radius 3 is 2.17 bits per heavy atom. The fourth-order valence-electron chi connectivity index (χ4n) is 3.02. The SMILES string of the molecule is CCOC(=O)CCN(CC(=O)O)C(=O)C(C)=Cc1ccc(C(=O)Oc2ccc(C(=N)N)cc2)cc1. The lowest BCUT2D eigenvalue weighted by molar-refractivity contribution is -0.147. The average molecular weight is 482 g/mol. The van der Waals surface area contributed by atoms with Gasteiger partial charge in [0.15, 0.2) is 0 Å². The number of carbonyl (C=O) groups is 4. The van der Waals surface area contributed by atoms with Crippen molar-refractivity contribution in [3.8, 4) is 5.75 Å². The Morgan fingerprint density at radius 1 is 1.03 bits per heavy atom. The molecule has 184 valence electrons. The van der Waals surface area contributed by atoms with Gasteiger partial charge in [-0.25, -0.2) is 4.79 Å². The zero-order valence-electron chi connectivity index (χ0n) is 19.4. The number of carboxylic acids is 1. The highest BCUT2D eigenvalue weighted by Gasteiger charge is 2.20. The number of ether oxygens (including phenoxy) is 2. The molecule has 1 amide bonds. The minimum atomic E-state index is -1.20. The van der Waals surface area contributed by atoms with Crippen LogP contribution in [0.4, 0.5) is 0 Å². The Hall–Kier alpha value is -4.47. The first-order valence-electron chi connectivity index (χ1n) is 10.7. The van der Waals surface area contributed by atoms with Gasteiger partial charge < -0.3 is 25.2 Å². The van der Waals surface area contributed by atoms with E-state index in [1.807, 2.05) is 0 Å². The van der Waals surface area contributed by atoms with Gasteiger partial charge in [0.2, 0.25) is 5.91 Å². The zero-order chi connectivity index (χ0) is 26.0. The molecule has 0 aliphatic rings. The number of hydrogen-bond donors (Lipinski definition) is 3. The van der Waals surface area contributed by atoms with Gasteiger partial charge in [0, 0.05) is 17.7 Å². The van der Waals surface area contributed by atoms with Crippen molar-refractivity contribution in [2.24, 2.45) is 5.73 Å². The van der Waals surface area contributed by atoms with Gasteiger partial charge in [-0.2, -0.15) is 0 Å². The highest BCUT2D eigenvalue weighted by atomic mass is 16.5. The molecule has 0 bridgehead atoms. The number of carbonyl (C=O) groups excluding carboxylic acids is 3. The Bertz CT molecular complexity index is 1120. The lowest BCUT2D eigenvalue weighted by Gasteiger charge is -2.20. The number of amidine groups is 1. The Kier molecular flexibility index (Phi) is 9.71. The van der Waals surface area contributed by atoms with Crippen LogP contribution in [0.25, 0.3) is 6.08 Å². The molecule has 0 spiro atoms. The predicted octanol–water partition coefficient (Wildman–Crippen LogP) is 2.46. The van der Waals surface area contributed by atoms with Crippen LogP contribution in [0, 0.1) is 5.41 Å². The number of hydrogen-bond acceptors (Lipinski definition) is 7. The van der Waals surface area contributed by atoms with Crippen LogP contribution in [0.5, 0.6) is 5.75 Å². The summed E-state index contributed by atoms with van der Waals surface area (Å²) in [4.78, 5) is 48.9. The number of benzene rings is 2. The summed E-state index contributed by atoms with van der Waals surface area (Å²) in [6.45, 7) is 2.74. The van der Waals surface area contributed by atoms with Gasteiger partial charge in [0.25, 0.3) is 0 Å². The minimum Gasteiger partial charge on any atom is -0.480 e. The highest BCUT2D eigenvalue weighted by Crippen LogP contribution is 2.16. The van der Waals surface area contributed by atoms with E-state index in [4.69, 9.17) is 25.7 Å². The molecule has 35 heavy (non-hydrogen) atoms. The fourth-order valence-corrected chi connectivity index (χ4v) is 3.02. The molecule has 0 aliphatic heterocycles. The van der Waals surface area contributed by atoms with Crippen molar-refractivity contribution in [1.82, 2.24) is 4.90 Å². The first-order chi connectivity index (χ1) is 16.6. The lowest BCUT2D eigenvalue weighted by atomic mass is 10.1. The number of carboxylic acid groups (broad SMARTS) is 1. The van der Waals surface area contributed by atoms with Gasteiger partial charge in [-0.05, 0) is 61.9 Å². The number of amides is 1. The Labute approximate surface area is 202 Å². The van der Waals surface area contributed by atoms with Crippen LogP contribution < -0.4 is 10.5 Å². The van der Waals surface area contributed by atoms with Crippen LogP contribution in [0.15, 0.2) is 54.1 Å². The third kappa shape index (κ3) is 8.43. The van der Waals surface area contributed by atoms with E-state index in [0.29, 0.717) is 16.9 Å². The quantitative estimate of drug-likeness (QED) is 0.145. The number of nitrogens with zero attached hydrogens (tertiary/aromatic N) is 1. The average Bonchev–Trinajstić information content (AvgIpc) is 2.82. The number of nitrogens with two attached hydrogens (primary N) is 1. The fraction of sp³-hybridized carbons (Fsp3) is 0.240. The first kappa shape index (κ1) is 26.8. The molecule has 0 fully saturated rings. The second-order valence-corrected chi connectivity index (χ2v) is 7.45. The molecule has 0 atom stereocenters. The Balaban J connectivity index is 2.06. The largest absolute Gasteiger partial charge is 0.480 e. The van der Waals surface area contributed by atoms with Crippen molar-refractivity contribution in [1.29, 1.82) is 5.41 Å². The number of nitrogens with one attached hydrogen (secondary N) is 1. The van der Waals surface area contributed by atoms with E-state index in [1.54, 1.807) is 37.3 Å². The molecule has 0 radical (unpaired) electrons. The van der Waals surface area contributed by atoms with E-state index in [1.165, 1.54) is 31.2 Å². The molecule has 10 heteroatoms. The van der Waals surface area contributed by atoms with Crippen LogP contribution in [-0.4, -0.2) is 59.4 Å². The van der Waals surface area contributed by atoms with Crippen molar-refractivity contribution in [2.75, 3.05) is 19.7 Å². The molecule has 4 N–H and O–H groups in total. The summed E-state index contributed by atoms with van der Waals surface area (Å²) in [5, 5.41) is 16.5. The standard InChI is InChI=1S/C25H27N3O7/c1-3-34-22(31)12-13-28(15-21(29)30)24(32)16(2)14-17-4-6-19(7-5-17)25(33)35-20-10-8-18(9-11-20)23(26)27/h4-11,14H,3,12-13,15H2,1-2H3,(H3,26,27)(H,29,30). The van der Waals surface area contributed by atoms with Crippen molar-refractivity contribution in [3.63, 3.8) is 0 Å². The summed E-state index contributed by atoms with van der Waals surface area (Å²) in [5.74, 6) is -2.63. The highest BCUT2D eigenvalue weighted by molar-refractivity contribution is 5.99. The smallest absolute Gasteiger partial charge is 0.343 e. The third-order valence-electron chi connectivity index (χ3n) is 4.75. The third-order valence-corrected chi connectivity index (χ3v) is 4.75. The number of nitrogen functional groups attached to an aromatic ring is 1. The maximum atomic E-state index is 12.7. The summed E-state index contributed by atoms with van der Waals surface area (Å²) < 4.78 is 10.1. The number of esters is 2. The van der Waals surface area contributed by atoms with E-state index >= 15 is 0 Å². The van der Waals surface area contributed by atoms with Gasteiger partial charge in [-0.1, -0.05) is 12.1 Å². The molecule has 0 aromatic heterocycles. The van der Waals surface area contributed by atoms with E-state index < -0.39 is 30.4 Å². The molecular weight excluding hydrogens is 454 g/mol. The van der Waals surface area contributed by atoms with Crippen molar-refractivity contribution in [3.05, 3.63) is 70.8 Å². The maximum absolute atomic E-state index is 12.7. The lowest BCUT2D eigenvalue weighted by Crippen LogP contribution is -2.37. The monoisotopic (exact) mass is 481 g/mol. The molecule has 0 heterocycles. The number of aliphatic carboxylic acids is 1. The van der Waals surface area contributed by atoms with Gasteiger partial charge in [-0.3, -0.25) is 19.8 Å². The number of rotatable bonds is 11. The van der Waals surface area contributed by atoms with Gasteiger partial charge in [0.05, 0.1) is 18.6 Å². The first-order valence-corrected chi connectivity index (χ1v) is 10.7. The molecule has 10 nitrogen and oxygen atoms in total. The molecule has 2 rings (SSSR count). The molecular formula is C25H27N3O7. The molecule has 0 saturated carbocycles. The predicted molar refractivity (Wildman–Crippen MR) is 128 cm³/mol. The summed E-state index contributed by atoms with van der Waals surface area (Å²) in [6, 6.07) is 12.5. The van der Waals surface area contributed by atoms with E-state index in [-0.39, 0.29) is 36.5 Å². The maximum Gasteiger partial charge on any atom is 0.343 e. The summed E-state index contributed by atoms with van der Waals surface area (Å²) in [6.07, 6.45) is 1.44. The summed E-state index contributed by atoms with van der Waals surface area (Å²) in [7, 11) is 0. The molecule has 0 saturated heterocycles. The van der Waals surface area contributed by atoms with Crippen LogP contribution in [-0.2, 0) is 19.1 Å². The molecule has 2 aromatic rings. The summed E-state index contributed by atoms with van der Waals surface area (Å²) >= 11 is 0. The molecule has 0 unspecified atom stereocenters. The molecule has 0 aliphatic carbocycles. The van der Waals surface area contributed by atoms with Gasteiger partial charge in [-0.15, -0.1) is 0 Å². The summed E-state index contributed by atoms with van der Waals surface area (Å²) in [5.41, 5.74) is 7.06. The normalized spacial score (nSPS) is 10.9. The second-order valence-electron chi connectivity index (χ2n) is 7.45. The van der Waals surface area contributed by atoms with E-state index in [2.05, 4.69) is 0 Å². The van der Waals surface area contributed by atoms with Crippen LogP contribution in [0.1, 0.15) is 41.8 Å². The second kappa shape index (κ2) is 12.7. The van der Waals surface area contributed by atoms with Gasteiger partial charge >= 0.3 is 17.9 Å². The van der Waals surface area contributed by atoms with E-state index in [0.717, 1.165) is 4.90 Å². The molecule has 2 aromatic carbocycles. The van der Waals surface area contributed by atoms with Crippen molar-refractivity contribution >= 4 is 35.7 Å². The van der Waals surface area contributed by atoms with Crippen LogP contribution in [0.3, 0.4) is 0 Å². The van der Waals surface area contributed by atoms with Crippen molar-refractivity contribution in [2.45, 2.75) is 20.3 Å². The van der Waals surface area contributed by atoms with Crippen molar-refractivity contribution < 1.29 is 33.8 Å². The van der Waals surface area contributed by atoms with Crippen LogP contribution >= 0.6 is 0 Å². The zero-order valence-corrected chi connectivity index (χ0v) is 19.4. The Morgan fingerprint density at radius 2 is 1.63 bits per heavy atom. The topological polar surface area (TPSA) is 160 Å². The van der Waals surface area contributed by atoms with E-state index in [9.17, 15) is 19.2 Å².